The first-order valence-corrected chi connectivity index (χ1v) is 7.58. The minimum atomic E-state index is 0.298. The van der Waals surface area contributed by atoms with Gasteiger partial charge >= 0.3 is 0 Å². The standard InChI is InChI=1S/C16H30N4/c1-8-9-13-19-14(17-7)12(3)15(20-13)18-10-11(2)16(4,5)6/h11H,8-10H2,1-7H3,(H2,17,18,19,20). The number of hydrogen-bond acceptors (Lipinski definition) is 4. The van der Waals surface area contributed by atoms with E-state index in [1.54, 1.807) is 0 Å². The molecule has 0 aliphatic rings. The van der Waals surface area contributed by atoms with Gasteiger partial charge < -0.3 is 10.6 Å². The molecular formula is C16H30N4. The van der Waals surface area contributed by atoms with Crippen LogP contribution >= 0.6 is 0 Å². The third-order valence-electron chi connectivity index (χ3n) is 3.96. The lowest BCUT2D eigenvalue weighted by Gasteiger charge is -2.28. The maximum Gasteiger partial charge on any atom is 0.134 e. The van der Waals surface area contributed by atoms with Crippen LogP contribution in [-0.4, -0.2) is 23.6 Å². The molecule has 0 saturated heterocycles. The molecule has 0 aliphatic carbocycles. The number of aryl methyl sites for hydroxylation is 1. The van der Waals surface area contributed by atoms with Crippen molar-refractivity contribution in [1.29, 1.82) is 0 Å². The van der Waals surface area contributed by atoms with Gasteiger partial charge in [0.15, 0.2) is 0 Å². The van der Waals surface area contributed by atoms with Crippen LogP contribution in [0.25, 0.3) is 0 Å². The Labute approximate surface area is 123 Å². The van der Waals surface area contributed by atoms with Gasteiger partial charge in [0.1, 0.15) is 17.5 Å². The van der Waals surface area contributed by atoms with E-state index in [9.17, 15) is 0 Å². The average Bonchev–Trinajstić information content (AvgIpc) is 2.37. The van der Waals surface area contributed by atoms with Crippen LogP contribution in [0.4, 0.5) is 11.6 Å². The first-order chi connectivity index (χ1) is 9.29. The van der Waals surface area contributed by atoms with E-state index < -0.39 is 0 Å². The molecule has 1 unspecified atom stereocenters. The summed E-state index contributed by atoms with van der Waals surface area (Å²) in [6, 6.07) is 0. The summed E-state index contributed by atoms with van der Waals surface area (Å²) in [6.07, 6.45) is 1.97. The molecule has 0 radical (unpaired) electrons. The second-order valence-corrected chi connectivity index (χ2v) is 6.61. The van der Waals surface area contributed by atoms with Crippen LogP contribution in [0.15, 0.2) is 0 Å². The summed E-state index contributed by atoms with van der Waals surface area (Å²) >= 11 is 0. The van der Waals surface area contributed by atoms with Crippen molar-refractivity contribution in [3.63, 3.8) is 0 Å². The third-order valence-corrected chi connectivity index (χ3v) is 3.96. The van der Waals surface area contributed by atoms with E-state index in [4.69, 9.17) is 0 Å². The molecule has 0 amide bonds. The number of hydrogen-bond donors (Lipinski definition) is 2. The first-order valence-electron chi connectivity index (χ1n) is 7.58. The Morgan fingerprint density at radius 3 is 2.25 bits per heavy atom. The van der Waals surface area contributed by atoms with Gasteiger partial charge in [-0.3, -0.25) is 0 Å². The summed E-state index contributed by atoms with van der Waals surface area (Å²) < 4.78 is 0. The fourth-order valence-corrected chi connectivity index (χ4v) is 1.87. The Bertz CT molecular complexity index is 435. The quantitative estimate of drug-likeness (QED) is 0.829. The fraction of sp³-hybridized carbons (Fsp3) is 0.750. The van der Waals surface area contributed by atoms with Gasteiger partial charge in [-0.25, -0.2) is 9.97 Å². The van der Waals surface area contributed by atoms with E-state index in [0.717, 1.165) is 42.4 Å². The molecular weight excluding hydrogens is 248 g/mol. The zero-order valence-corrected chi connectivity index (χ0v) is 14.1. The minimum Gasteiger partial charge on any atom is -0.373 e. The highest BCUT2D eigenvalue weighted by Crippen LogP contribution is 2.26. The summed E-state index contributed by atoms with van der Waals surface area (Å²) in [7, 11) is 1.91. The summed E-state index contributed by atoms with van der Waals surface area (Å²) in [5, 5.41) is 6.66. The van der Waals surface area contributed by atoms with Gasteiger partial charge in [0.25, 0.3) is 0 Å². The second-order valence-electron chi connectivity index (χ2n) is 6.61. The number of aromatic nitrogens is 2. The Morgan fingerprint density at radius 2 is 1.75 bits per heavy atom. The average molecular weight is 278 g/mol. The number of anilines is 2. The highest BCUT2D eigenvalue weighted by atomic mass is 15.1. The maximum atomic E-state index is 4.66. The van der Waals surface area contributed by atoms with Crippen molar-refractivity contribution in [3.8, 4) is 0 Å². The molecule has 1 heterocycles. The van der Waals surface area contributed by atoms with Crippen molar-refractivity contribution < 1.29 is 0 Å². The smallest absolute Gasteiger partial charge is 0.134 e. The van der Waals surface area contributed by atoms with Gasteiger partial charge in [-0.15, -0.1) is 0 Å². The van der Waals surface area contributed by atoms with Crippen molar-refractivity contribution in [3.05, 3.63) is 11.4 Å². The van der Waals surface area contributed by atoms with Gasteiger partial charge in [-0.1, -0.05) is 34.6 Å². The molecule has 1 rings (SSSR count). The van der Waals surface area contributed by atoms with Crippen molar-refractivity contribution in [2.75, 3.05) is 24.2 Å². The van der Waals surface area contributed by atoms with Gasteiger partial charge in [0.05, 0.1) is 0 Å². The molecule has 0 fully saturated rings. The molecule has 114 valence electrons. The van der Waals surface area contributed by atoms with Crippen molar-refractivity contribution in [2.45, 2.75) is 54.4 Å². The number of nitrogens with one attached hydrogen (secondary N) is 2. The van der Waals surface area contributed by atoms with Crippen LogP contribution in [0.2, 0.25) is 0 Å². The molecule has 2 N–H and O–H groups in total. The van der Waals surface area contributed by atoms with Crippen LogP contribution in [0, 0.1) is 18.3 Å². The monoisotopic (exact) mass is 278 g/mol. The largest absolute Gasteiger partial charge is 0.373 e. The predicted molar refractivity (Wildman–Crippen MR) is 87.4 cm³/mol. The number of nitrogens with zero attached hydrogens (tertiary/aromatic N) is 2. The van der Waals surface area contributed by atoms with Gasteiger partial charge in [-0.2, -0.15) is 0 Å². The van der Waals surface area contributed by atoms with Crippen LogP contribution < -0.4 is 10.6 Å². The Balaban J connectivity index is 2.90. The van der Waals surface area contributed by atoms with Crippen LogP contribution in [-0.2, 0) is 6.42 Å². The third kappa shape index (κ3) is 4.36. The summed E-state index contributed by atoms with van der Waals surface area (Å²) in [6.45, 7) is 14.2. The zero-order chi connectivity index (χ0) is 15.3. The van der Waals surface area contributed by atoms with Crippen molar-refractivity contribution in [1.82, 2.24) is 9.97 Å². The zero-order valence-electron chi connectivity index (χ0n) is 14.1. The molecule has 20 heavy (non-hydrogen) atoms. The Kier molecular flexibility index (Phi) is 5.78. The normalized spacial score (nSPS) is 13.2. The predicted octanol–water partition coefficient (Wildman–Crippen LogP) is 3.87. The first kappa shape index (κ1) is 16.7. The SMILES string of the molecule is CCCc1nc(NC)c(C)c(NCC(C)C(C)(C)C)n1. The lowest BCUT2D eigenvalue weighted by Crippen LogP contribution is -2.25. The second kappa shape index (κ2) is 6.91. The lowest BCUT2D eigenvalue weighted by molar-refractivity contribution is 0.274. The van der Waals surface area contributed by atoms with E-state index in [0.29, 0.717) is 11.3 Å². The molecule has 1 atom stereocenters. The van der Waals surface area contributed by atoms with Crippen LogP contribution in [0.3, 0.4) is 0 Å². The molecule has 0 bridgehead atoms. The Morgan fingerprint density at radius 1 is 1.15 bits per heavy atom. The molecule has 1 aromatic heterocycles. The minimum absolute atomic E-state index is 0.298. The van der Waals surface area contributed by atoms with E-state index in [2.05, 4.69) is 62.1 Å². The highest BCUT2D eigenvalue weighted by Gasteiger charge is 2.20. The maximum absolute atomic E-state index is 4.66. The molecule has 0 saturated carbocycles. The van der Waals surface area contributed by atoms with E-state index in [-0.39, 0.29) is 0 Å². The lowest BCUT2D eigenvalue weighted by atomic mass is 9.82. The van der Waals surface area contributed by atoms with E-state index in [1.165, 1.54) is 0 Å². The van der Waals surface area contributed by atoms with Crippen LogP contribution in [0.1, 0.15) is 52.4 Å². The van der Waals surface area contributed by atoms with Crippen molar-refractivity contribution in [2.24, 2.45) is 11.3 Å². The molecule has 0 spiro atoms. The van der Waals surface area contributed by atoms with Gasteiger partial charge in [-0.05, 0) is 24.7 Å². The summed E-state index contributed by atoms with van der Waals surface area (Å²) in [5.74, 6) is 3.37. The Hall–Kier alpha value is -1.32. The summed E-state index contributed by atoms with van der Waals surface area (Å²) in [4.78, 5) is 9.22. The molecule has 1 aromatic rings. The van der Waals surface area contributed by atoms with Gasteiger partial charge in [0.2, 0.25) is 0 Å². The number of rotatable bonds is 6. The fourth-order valence-electron chi connectivity index (χ4n) is 1.87. The van der Waals surface area contributed by atoms with E-state index in [1.807, 2.05) is 7.05 Å². The topological polar surface area (TPSA) is 49.8 Å². The molecule has 0 aliphatic heterocycles. The van der Waals surface area contributed by atoms with Gasteiger partial charge in [0, 0.05) is 25.6 Å². The van der Waals surface area contributed by atoms with E-state index >= 15 is 0 Å². The van der Waals surface area contributed by atoms with Crippen LogP contribution in [0.5, 0.6) is 0 Å². The summed E-state index contributed by atoms with van der Waals surface area (Å²) in [5.41, 5.74) is 1.39. The highest BCUT2D eigenvalue weighted by molar-refractivity contribution is 5.57. The molecule has 4 heteroatoms. The molecule has 0 aromatic carbocycles. The molecule has 4 nitrogen and oxygen atoms in total. The van der Waals surface area contributed by atoms with Crippen molar-refractivity contribution >= 4 is 11.6 Å².